The molecule has 2 N–H and O–H groups in total. The Hall–Kier alpha value is -1.59. The van der Waals surface area contributed by atoms with Gasteiger partial charge in [-0.3, -0.25) is 5.43 Å². The number of nitrogens with zero attached hydrogens (tertiary/aromatic N) is 2. The Morgan fingerprint density at radius 3 is 2.39 bits per heavy atom. The molecule has 0 amide bonds. The van der Waals surface area contributed by atoms with Crippen LogP contribution in [0.4, 0.5) is 5.69 Å². The van der Waals surface area contributed by atoms with Gasteiger partial charge in [-0.1, -0.05) is 34.8 Å². The first-order valence-electron chi connectivity index (χ1n) is 4.67. The molecule has 0 radical (unpaired) electrons. The summed E-state index contributed by atoms with van der Waals surface area (Å²) in [5.41, 5.74) is 6.26. The van der Waals surface area contributed by atoms with Crippen molar-refractivity contribution >= 4 is 40.5 Å². The Kier molecular flexibility index (Phi) is 5.12. The topological polar surface area (TPSA) is 71.6 Å². The number of hydrazine groups is 1. The lowest BCUT2D eigenvalue weighted by Crippen LogP contribution is -2.16. The number of allylic oxidation sites excluding steroid dienone is 1. The van der Waals surface area contributed by atoms with Crippen molar-refractivity contribution < 1.29 is 0 Å². The van der Waals surface area contributed by atoms with Crippen LogP contribution in [0.3, 0.4) is 0 Å². The van der Waals surface area contributed by atoms with Gasteiger partial charge in [-0.25, -0.2) is 0 Å². The molecule has 0 aliphatic carbocycles. The highest BCUT2D eigenvalue weighted by Gasteiger charge is 2.11. The zero-order valence-electron chi connectivity index (χ0n) is 9.18. The maximum atomic E-state index is 8.53. The van der Waals surface area contributed by atoms with E-state index in [0.717, 1.165) is 5.56 Å². The highest BCUT2D eigenvalue weighted by Crippen LogP contribution is 2.37. The number of nitrogens with one attached hydrogen (secondary N) is 2. The van der Waals surface area contributed by atoms with Gasteiger partial charge in [0.05, 0.1) is 20.8 Å². The van der Waals surface area contributed by atoms with Crippen molar-refractivity contribution in [2.24, 2.45) is 0 Å². The monoisotopic (exact) mass is 300 g/mol. The molecule has 4 nitrogen and oxygen atoms in total. The van der Waals surface area contributed by atoms with Gasteiger partial charge in [-0.2, -0.15) is 10.5 Å². The summed E-state index contributed by atoms with van der Waals surface area (Å²) in [5.74, 6) is 0. The summed E-state index contributed by atoms with van der Waals surface area (Å²) < 4.78 is 0. The van der Waals surface area contributed by atoms with E-state index in [1.54, 1.807) is 25.1 Å². The fourth-order valence-electron chi connectivity index (χ4n) is 1.10. The third-order valence-electron chi connectivity index (χ3n) is 2.00. The molecule has 0 spiro atoms. The molecule has 0 fully saturated rings. The lowest BCUT2D eigenvalue weighted by atomic mass is 10.2. The Balaban J connectivity index is 2.95. The highest BCUT2D eigenvalue weighted by molar-refractivity contribution is 6.46. The fourth-order valence-corrected chi connectivity index (χ4v) is 1.90. The molecule has 0 aliphatic heterocycles. The molecule has 0 atom stereocenters. The molecule has 0 aliphatic rings. The second kappa shape index (κ2) is 6.37. The summed E-state index contributed by atoms with van der Waals surface area (Å²) >= 11 is 18.0. The predicted molar refractivity (Wildman–Crippen MR) is 72.3 cm³/mol. The molecule has 1 aromatic rings. The molecule has 92 valence electrons. The summed E-state index contributed by atoms with van der Waals surface area (Å²) in [7, 11) is 0. The average molecular weight is 302 g/mol. The number of anilines is 1. The van der Waals surface area contributed by atoms with Crippen LogP contribution < -0.4 is 10.9 Å². The van der Waals surface area contributed by atoms with E-state index < -0.39 is 0 Å². The van der Waals surface area contributed by atoms with E-state index in [4.69, 9.17) is 45.3 Å². The van der Waals surface area contributed by atoms with Crippen LogP contribution >= 0.6 is 34.8 Å². The van der Waals surface area contributed by atoms with Crippen LogP contribution in [0.1, 0.15) is 5.56 Å². The minimum Gasteiger partial charge on any atom is -0.306 e. The van der Waals surface area contributed by atoms with E-state index in [-0.39, 0.29) is 10.6 Å². The van der Waals surface area contributed by atoms with Gasteiger partial charge in [0.1, 0.15) is 17.7 Å². The minimum atomic E-state index is -0.0899. The van der Waals surface area contributed by atoms with Gasteiger partial charge >= 0.3 is 0 Å². The summed E-state index contributed by atoms with van der Waals surface area (Å²) in [5, 5.41) is 18.1. The van der Waals surface area contributed by atoms with Crippen LogP contribution in [-0.4, -0.2) is 0 Å². The van der Waals surface area contributed by atoms with Crippen LogP contribution in [-0.2, 0) is 0 Å². The third kappa shape index (κ3) is 3.21. The van der Waals surface area contributed by atoms with Crippen LogP contribution in [0, 0.1) is 29.6 Å². The molecule has 0 heterocycles. The largest absolute Gasteiger partial charge is 0.306 e. The standard InChI is InChI=1S/C11H7Cl3N4/c1-6-2-8(12)11(10(14)9(6)13)18-17-5-7(3-15)4-16/h2,5,17-18H,1H3. The van der Waals surface area contributed by atoms with Crippen molar-refractivity contribution in [1.82, 2.24) is 5.43 Å². The number of nitriles is 2. The minimum absolute atomic E-state index is 0.0899. The first-order chi connectivity index (χ1) is 8.51. The van der Waals surface area contributed by atoms with E-state index in [1.807, 2.05) is 0 Å². The van der Waals surface area contributed by atoms with Crippen LogP contribution in [0.25, 0.3) is 0 Å². The molecule has 0 saturated carbocycles. The quantitative estimate of drug-likeness (QED) is 0.506. The van der Waals surface area contributed by atoms with E-state index in [0.29, 0.717) is 15.7 Å². The lowest BCUT2D eigenvalue weighted by molar-refractivity contribution is 1.05. The van der Waals surface area contributed by atoms with Gasteiger partial charge in [0.15, 0.2) is 0 Å². The van der Waals surface area contributed by atoms with E-state index in [9.17, 15) is 0 Å². The number of halogens is 3. The molecular weight excluding hydrogens is 295 g/mol. The van der Waals surface area contributed by atoms with Gasteiger partial charge in [-0.15, -0.1) is 0 Å². The predicted octanol–water partition coefficient (Wildman–Crippen LogP) is 3.80. The van der Waals surface area contributed by atoms with Crippen molar-refractivity contribution in [3.63, 3.8) is 0 Å². The number of hydrogen-bond acceptors (Lipinski definition) is 4. The second-order valence-corrected chi connectivity index (χ2v) is 4.39. The normalized spacial score (nSPS) is 9.00. The smallest absolute Gasteiger partial charge is 0.147 e. The second-order valence-electron chi connectivity index (χ2n) is 3.23. The fraction of sp³-hybridized carbons (Fsp3) is 0.0909. The zero-order chi connectivity index (χ0) is 13.7. The molecule has 0 unspecified atom stereocenters. The van der Waals surface area contributed by atoms with Crippen LogP contribution in [0.2, 0.25) is 15.1 Å². The zero-order valence-corrected chi connectivity index (χ0v) is 11.5. The van der Waals surface area contributed by atoms with Gasteiger partial charge in [0.2, 0.25) is 0 Å². The molecule has 0 bridgehead atoms. The molecule has 7 heteroatoms. The lowest BCUT2D eigenvalue weighted by Gasteiger charge is -2.12. The van der Waals surface area contributed by atoms with Gasteiger partial charge in [0, 0.05) is 6.20 Å². The Morgan fingerprint density at radius 2 is 1.83 bits per heavy atom. The third-order valence-corrected chi connectivity index (χ3v) is 3.25. The summed E-state index contributed by atoms with van der Waals surface area (Å²) in [4.78, 5) is 0. The Bertz CT molecular complexity index is 565. The van der Waals surface area contributed by atoms with Gasteiger partial charge < -0.3 is 5.43 Å². The molecule has 18 heavy (non-hydrogen) atoms. The Labute approximate surface area is 119 Å². The van der Waals surface area contributed by atoms with E-state index in [2.05, 4.69) is 10.9 Å². The molecule has 0 saturated heterocycles. The first kappa shape index (κ1) is 14.5. The maximum absolute atomic E-state index is 8.53. The van der Waals surface area contributed by atoms with Crippen LogP contribution in [0.5, 0.6) is 0 Å². The number of hydrogen-bond donors (Lipinski definition) is 2. The van der Waals surface area contributed by atoms with Gasteiger partial charge in [-0.05, 0) is 18.6 Å². The number of benzene rings is 1. The summed E-state index contributed by atoms with van der Waals surface area (Å²) in [6.07, 6.45) is 1.19. The van der Waals surface area contributed by atoms with Crippen molar-refractivity contribution in [2.75, 3.05) is 5.43 Å². The van der Waals surface area contributed by atoms with E-state index >= 15 is 0 Å². The molecular formula is C11H7Cl3N4. The number of rotatable bonds is 3. The number of aryl methyl sites for hydroxylation is 1. The van der Waals surface area contributed by atoms with Crippen molar-refractivity contribution in [3.8, 4) is 12.1 Å². The van der Waals surface area contributed by atoms with Gasteiger partial charge in [0.25, 0.3) is 0 Å². The van der Waals surface area contributed by atoms with Crippen molar-refractivity contribution in [1.29, 1.82) is 10.5 Å². The SMILES string of the molecule is Cc1cc(Cl)c(NNC=C(C#N)C#N)c(Cl)c1Cl. The summed E-state index contributed by atoms with van der Waals surface area (Å²) in [6, 6.07) is 5.04. The first-order valence-corrected chi connectivity index (χ1v) is 5.80. The van der Waals surface area contributed by atoms with Crippen molar-refractivity contribution in [3.05, 3.63) is 38.5 Å². The maximum Gasteiger partial charge on any atom is 0.147 e. The molecule has 1 aromatic carbocycles. The van der Waals surface area contributed by atoms with Crippen LogP contribution in [0.15, 0.2) is 17.8 Å². The Morgan fingerprint density at radius 1 is 1.22 bits per heavy atom. The average Bonchev–Trinajstić information content (AvgIpc) is 2.35. The summed E-state index contributed by atoms with van der Waals surface area (Å²) in [6.45, 7) is 1.78. The molecule has 1 rings (SSSR count). The van der Waals surface area contributed by atoms with E-state index in [1.165, 1.54) is 6.20 Å². The highest BCUT2D eigenvalue weighted by atomic mass is 35.5. The molecule has 0 aromatic heterocycles. The van der Waals surface area contributed by atoms with Crippen molar-refractivity contribution in [2.45, 2.75) is 6.92 Å².